The molecule has 3 unspecified atom stereocenters. The van der Waals surface area contributed by atoms with Crippen LogP contribution in [0.5, 0.6) is 0 Å². The van der Waals surface area contributed by atoms with Gasteiger partial charge >= 0.3 is 7.82 Å². The van der Waals surface area contributed by atoms with Crippen molar-refractivity contribution in [3.63, 3.8) is 0 Å². The van der Waals surface area contributed by atoms with Gasteiger partial charge in [0.15, 0.2) is 0 Å². The summed E-state index contributed by atoms with van der Waals surface area (Å²) in [6, 6.07) is -0.753. The Hall–Kier alpha value is -1.02. The first-order valence-electron chi connectivity index (χ1n) is 25.7. The smallest absolute Gasteiger partial charge is 0.391 e. The number of carbonyl (C=O) groups is 1. The molecule has 0 fully saturated rings. The van der Waals surface area contributed by atoms with E-state index in [9.17, 15) is 19.4 Å². The van der Waals surface area contributed by atoms with Crippen LogP contribution >= 0.6 is 7.82 Å². The summed E-state index contributed by atoms with van der Waals surface area (Å²) in [5.74, 6) is -0.148. The summed E-state index contributed by atoms with van der Waals surface area (Å²) >= 11 is 0. The summed E-state index contributed by atoms with van der Waals surface area (Å²) in [6.07, 6.45) is 52.9. The summed E-state index contributed by atoms with van der Waals surface area (Å²) < 4.78 is 23.5. The molecule has 0 bridgehead atoms. The van der Waals surface area contributed by atoms with Crippen LogP contribution in [0, 0.1) is 0 Å². The molecule has 0 aromatic rings. The molecule has 0 saturated carbocycles. The number of allylic oxidation sites excluding steroid dienone is 4. The molecule has 9 heteroatoms. The van der Waals surface area contributed by atoms with Crippen LogP contribution in [0.1, 0.15) is 245 Å². The van der Waals surface area contributed by atoms with Gasteiger partial charge in [-0.3, -0.25) is 13.8 Å². The number of carbonyl (C=O) groups excluding carboxylic acids is 1. The van der Waals surface area contributed by atoms with Crippen molar-refractivity contribution in [2.45, 2.75) is 257 Å². The fourth-order valence-corrected chi connectivity index (χ4v) is 8.34. The Morgan fingerprint density at radius 2 is 0.950 bits per heavy atom. The first-order valence-corrected chi connectivity index (χ1v) is 27.2. The molecule has 0 saturated heterocycles. The maximum Gasteiger partial charge on any atom is 0.472 e. The van der Waals surface area contributed by atoms with Gasteiger partial charge in [-0.2, -0.15) is 0 Å². The molecule has 8 nitrogen and oxygen atoms in total. The lowest BCUT2D eigenvalue weighted by atomic mass is 10.0. The molecule has 356 valence electrons. The first-order chi connectivity index (χ1) is 29.0. The van der Waals surface area contributed by atoms with Crippen LogP contribution in [0.15, 0.2) is 24.3 Å². The van der Waals surface area contributed by atoms with Gasteiger partial charge in [-0.05, 0) is 44.9 Å². The average molecular weight is 870 g/mol. The number of nitrogens with zero attached hydrogens (tertiary/aromatic N) is 1. The van der Waals surface area contributed by atoms with E-state index in [4.69, 9.17) is 9.05 Å². The molecular formula is C51H102N2O6P+. The van der Waals surface area contributed by atoms with Crippen LogP contribution in [0.4, 0.5) is 0 Å². The molecule has 0 aromatic heterocycles. The third-order valence-corrected chi connectivity index (χ3v) is 12.7. The standard InChI is InChI=1S/C51H101N2O6P/c1-6-8-10-12-13-14-15-16-17-18-19-20-21-22-23-24-25-26-27-28-29-30-31-32-33-34-35-36-37-38-39-41-43-45-51(55)52-49(50(54)44-42-40-11-9-7-2)48-59-60(56,57)58-47-46-53(3,4)5/h15-16,18-19,49-50,54H,6-14,17,20-48H2,1-5H3,(H-,52,55,56,57)/p+1/b16-15-,19-18-. The number of amides is 1. The van der Waals surface area contributed by atoms with Crippen LogP contribution in [0.3, 0.4) is 0 Å². The monoisotopic (exact) mass is 870 g/mol. The normalized spacial score (nSPS) is 14.3. The first kappa shape index (κ1) is 59.0. The summed E-state index contributed by atoms with van der Waals surface area (Å²) in [5.41, 5.74) is 0. The van der Waals surface area contributed by atoms with E-state index in [0.29, 0.717) is 23.9 Å². The lowest BCUT2D eigenvalue weighted by molar-refractivity contribution is -0.870. The summed E-state index contributed by atoms with van der Waals surface area (Å²) in [7, 11) is 1.62. The molecule has 0 spiro atoms. The number of quaternary nitrogens is 1. The quantitative estimate of drug-likeness (QED) is 0.0243. The number of aliphatic hydroxyl groups excluding tert-OH is 1. The number of unbranched alkanes of at least 4 members (excludes halogenated alkanes) is 30. The molecule has 0 aliphatic heterocycles. The van der Waals surface area contributed by atoms with Gasteiger partial charge in [0.1, 0.15) is 13.2 Å². The van der Waals surface area contributed by atoms with E-state index in [1.54, 1.807) is 0 Å². The molecular weight excluding hydrogens is 768 g/mol. The van der Waals surface area contributed by atoms with Crippen molar-refractivity contribution in [2.24, 2.45) is 0 Å². The fraction of sp³-hybridized carbons (Fsp3) is 0.902. The fourth-order valence-electron chi connectivity index (χ4n) is 7.61. The number of nitrogens with one attached hydrogen (secondary N) is 1. The summed E-state index contributed by atoms with van der Waals surface area (Å²) in [5, 5.41) is 13.8. The van der Waals surface area contributed by atoms with E-state index in [-0.39, 0.29) is 19.1 Å². The third kappa shape index (κ3) is 45.0. The number of aliphatic hydroxyl groups is 1. The second-order valence-electron chi connectivity index (χ2n) is 18.9. The van der Waals surface area contributed by atoms with Crippen molar-refractivity contribution in [3.8, 4) is 0 Å². The Bertz CT molecular complexity index is 1030. The van der Waals surface area contributed by atoms with Crippen LogP contribution in [0.2, 0.25) is 0 Å². The van der Waals surface area contributed by atoms with Crippen LogP contribution < -0.4 is 5.32 Å². The molecule has 0 aromatic carbocycles. The van der Waals surface area contributed by atoms with E-state index in [1.807, 2.05) is 21.1 Å². The highest BCUT2D eigenvalue weighted by atomic mass is 31.2. The second kappa shape index (κ2) is 43.2. The van der Waals surface area contributed by atoms with Crippen LogP contribution in [-0.2, 0) is 18.4 Å². The summed E-state index contributed by atoms with van der Waals surface area (Å²) in [4.78, 5) is 23.0. The Morgan fingerprint density at radius 3 is 1.37 bits per heavy atom. The minimum Gasteiger partial charge on any atom is -0.391 e. The topological polar surface area (TPSA) is 105 Å². The van der Waals surface area contributed by atoms with E-state index >= 15 is 0 Å². The van der Waals surface area contributed by atoms with E-state index in [1.165, 1.54) is 161 Å². The van der Waals surface area contributed by atoms with E-state index < -0.39 is 20.0 Å². The molecule has 0 radical (unpaired) electrons. The molecule has 3 N–H and O–H groups in total. The highest BCUT2D eigenvalue weighted by molar-refractivity contribution is 7.47. The highest BCUT2D eigenvalue weighted by Crippen LogP contribution is 2.43. The SMILES string of the molecule is CCCCCCC/C=C\C/C=C\CCCCCCCCCCCCCCCCCCCCCCCC(=O)NC(COP(=O)(O)OCC[N+](C)(C)C)C(O)CCCCCCC. The number of rotatable bonds is 47. The largest absolute Gasteiger partial charge is 0.472 e. The molecule has 1 amide bonds. The third-order valence-electron chi connectivity index (χ3n) is 11.7. The molecule has 0 aliphatic rings. The molecule has 0 aliphatic carbocycles. The van der Waals surface area contributed by atoms with Gasteiger partial charge < -0.3 is 19.8 Å². The maximum absolute atomic E-state index is 12.8. The Balaban J connectivity index is 3.76. The van der Waals surface area contributed by atoms with Crippen molar-refractivity contribution in [2.75, 3.05) is 40.9 Å². The molecule has 0 rings (SSSR count). The molecule has 3 atom stereocenters. The van der Waals surface area contributed by atoms with Crippen LogP contribution in [-0.4, -0.2) is 73.4 Å². The maximum atomic E-state index is 12.8. The minimum atomic E-state index is -4.30. The lowest BCUT2D eigenvalue weighted by Gasteiger charge is -2.26. The number of phosphoric acid groups is 1. The average Bonchev–Trinajstić information content (AvgIpc) is 3.20. The van der Waals surface area contributed by atoms with E-state index in [0.717, 1.165) is 57.8 Å². The Kier molecular flexibility index (Phi) is 42.5. The predicted octanol–water partition coefficient (Wildman–Crippen LogP) is 14.9. The van der Waals surface area contributed by atoms with Gasteiger partial charge in [-0.15, -0.1) is 0 Å². The Labute approximate surface area is 373 Å². The second-order valence-corrected chi connectivity index (χ2v) is 20.4. The number of likely N-dealkylation sites (N-methyl/N-ethyl adjacent to an activating group) is 1. The number of hydrogen-bond acceptors (Lipinski definition) is 5. The van der Waals surface area contributed by atoms with Crippen molar-refractivity contribution in [1.29, 1.82) is 0 Å². The zero-order valence-corrected chi connectivity index (χ0v) is 41.4. The van der Waals surface area contributed by atoms with Crippen molar-refractivity contribution in [1.82, 2.24) is 5.32 Å². The zero-order valence-electron chi connectivity index (χ0n) is 40.5. The minimum absolute atomic E-state index is 0.0757. The van der Waals surface area contributed by atoms with Gasteiger partial charge in [0.25, 0.3) is 0 Å². The number of phosphoric ester groups is 1. The molecule has 0 heterocycles. The van der Waals surface area contributed by atoms with Crippen molar-refractivity contribution in [3.05, 3.63) is 24.3 Å². The highest BCUT2D eigenvalue weighted by Gasteiger charge is 2.28. The van der Waals surface area contributed by atoms with Gasteiger partial charge in [-0.1, -0.05) is 218 Å². The van der Waals surface area contributed by atoms with E-state index in [2.05, 4.69) is 43.5 Å². The van der Waals surface area contributed by atoms with Gasteiger partial charge in [-0.25, -0.2) is 4.57 Å². The van der Waals surface area contributed by atoms with Gasteiger partial charge in [0.05, 0.1) is 39.9 Å². The summed E-state index contributed by atoms with van der Waals surface area (Å²) in [6.45, 7) is 4.80. The predicted molar refractivity (Wildman–Crippen MR) is 258 cm³/mol. The zero-order chi connectivity index (χ0) is 44.3. The van der Waals surface area contributed by atoms with Gasteiger partial charge in [0, 0.05) is 6.42 Å². The van der Waals surface area contributed by atoms with Crippen molar-refractivity contribution < 1.29 is 32.9 Å². The number of hydrogen-bond donors (Lipinski definition) is 3. The Morgan fingerprint density at radius 1 is 0.567 bits per heavy atom. The lowest BCUT2D eigenvalue weighted by Crippen LogP contribution is -2.46. The van der Waals surface area contributed by atoms with Gasteiger partial charge in [0.2, 0.25) is 5.91 Å². The van der Waals surface area contributed by atoms with Crippen molar-refractivity contribution >= 4 is 13.7 Å². The van der Waals surface area contributed by atoms with Crippen LogP contribution in [0.25, 0.3) is 0 Å². The molecule has 60 heavy (non-hydrogen) atoms.